The lowest BCUT2D eigenvalue weighted by Gasteiger charge is -2.28. The molecule has 1 aliphatic rings. The lowest BCUT2D eigenvalue weighted by molar-refractivity contribution is -0.123. The highest BCUT2D eigenvalue weighted by atomic mass is 35.5. The number of halogens is 1. The summed E-state index contributed by atoms with van der Waals surface area (Å²) >= 11 is 0. The van der Waals surface area contributed by atoms with Gasteiger partial charge in [-0.1, -0.05) is 51.5 Å². The zero-order valence-corrected chi connectivity index (χ0v) is 14.8. The van der Waals surface area contributed by atoms with Crippen LogP contribution in [0.25, 0.3) is 0 Å². The van der Waals surface area contributed by atoms with E-state index in [0.29, 0.717) is 6.54 Å². The fourth-order valence-electron chi connectivity index (χ4n) is 2.80. The van der Waals surface area contributed by atoms with Crippen molar-refractivity contribution in [3.63, 3.8) is 0 Å². The van der Waals surface area contributed by atoms with Crippen LogP contribution in [0.1, 0.15) is 51.2 Å². The summed E-state index contributed by atoms with van der Waals surface area (Å²) in [6.07, 6.45) is 4.34. The number of carbonyl (C=O) groups is 1. The third-order valence-electron chi connectivity index (χ3n) is 4.48. The molecule has 4 heteroatoms. The van der Waals surface area contributed by atoms with E-state index in [1.807, 2.05) is 0 Å². The molecule has 22 heavy (non-hydrogen) atoms. The van der Waals surface area contributed by atoms with Crippen LogP contribution in [0.15, 0.2) is 24.3 Å². The molecule has 0 spiro atoms. The Labute approximate surface area is 140 Å². The number of hydrogen-bond acceptors (Lipinski definition) is 2. The molecule has 0 radical (unpaired) electrons. The zero-order chi connectivity index (χ0) is 15.3. The molecule has 1 heterocycles. The van der Waals surface area contributed by atoms with Crippen molar-refractivity contribution >= 4 is 18.3 Å². The van der Waals surface area contributed by atoms with Crippen LogP contribution < -0.4 is 10.6 Å². The van der Waals surface area contributed by atoms with Crippen LogP contribution in [0, 0.1) is 0 Å². The minimum Gasteiger partial charge on any atom is -0.354 e. The van der Waals surface area contributed by atoms with Gasteiger partial charge in [0.15, 0.2) is 0 Å². The fourth-order valence-corrected chi connectivity index (χ4v) is 2.80. The normalized spacial score (nSPS) is 18.4. The Bertz CT molecular complexity index is 464. The molecule has 1 aromatic carbocycles. The Hall–Kier alpha value is -1.06. The van der Waals surface area contributed by atoms with Gasteiger partial charge >= 0.3 is 0 Å². The number of amides is 1. The average molecular weight is 325 g/mol. The third-order valence-corrected chi connectivity index (χ3v) is 4.48. The molecule has 3 nitrogen and oxygen atoms in total. The molecule has 2 rings (SSSR count). The summed E-state index contributed by atoms with van der Waals surface area (Å²) in [6.45, 7) is 8.16. The molecule has 1 atom stereocenters. The highest BCUT2D eigenvalue weighted by molar-refractivity contribution is 5.85. The predicted octanol–water partition coefficient (Wildman–Crippen LogP) is 3.21. The molecule has 0 aromatic heterocycles. The monoisotopic (exact) mass is 324 g/mol. The highest BCUT2D eigenvalue weighted by Crippen LogP contribution is 2.23. The minimum absolute atomic E-state index is 0. The smallest absolute Gasteiger partial charge is 0.237 e. The molecular weight excluding hydrogens is 296 g/mol. The van der Waals surface area contributed by atoms with E-state index < -0.39 is 0 Å². The lowest BCUT2D eigenvalue weighted by atomic mass is 9.84. The number of piperidine rings is 1. The van der Waals surface area contributed by atoms with Gasteiger partial charge in [0, 0.05) is 12.0 Å². The number of carbonyl (C=O) groups excluding carboxylic acids is 1. The third kappa shape index (κ3) is 4.99. The van der Waals surface area contributed by atoms with Crippen molar-refractivity contribution < 1.29 is 4.79 Å². The molecule has 1 saturated heterocycles. The van der Waals surface area contributed by atoms with Crippen LogP contribution in [-0.2, 0) is 16.6 Å². The van der Waals surface area contributed by atoms with E-state index in [1.165, 1.54) is 17.5 Å². The Morgan fingerprint density at radius 3 is 2.50 bits per heavy atom. The van der Waals surface area contributed by atoms with Gasteiger partial charge in [-0.05, 0) is 36.9 Å². The number of rotatable bonds is 5. The van der Waals surface area contributed by atoms with E-state index in [9.17, 15) is 4.79 Å². The van der Waals surface area contributed by atoms with Gasteiger partial charge in [-0.2, -0.15) is 0 Å². The zero-order valence-electron chi connectivity index (χ0n) is 13.9. The first-order valence-corrected chi connectivity index (χ1v) is 8.13. The molecule has 1 amide bonds. The van der Waals surface area contributed by atoms with E-state index >= 15 is 0 Å². The van der Waals surface area contributed by atoms with Gasteiger partial charge in [0.1, 0.15) is 0 Å². The number of hydrogen-bond donors (Lipinski definition) is 2. The van der Waals surface area contributed by atoms with Crippen molar-refractivity contribution in [2.45, 2.75) is 57.9 Å². The second kappa shape index (κ2) is 8.54. The molecule has 1 aliphatic heterocycles. The largest absolute Gasteiger partial charge is 0.354 e. The maximum atomic E-state index is 12.2. The van der Waals surface area contributed by atoms with Crippen LogP contribution in [-0.4, -0.2) is 25.0 Å². The Morgan fingerprint density at radius 1 is 1.27 bits per heavy atom. The topological polar surface area (TPSA) is 41.1 Å². The highest BCUT2D eigenvalue weighted by Gasteiger charge is 2.25. The SMILES string of the molecule is CCc1ccc(C(C)(C)CNC(=O)C2CCCCN2)cc1.Cl. The summed E-state index contributed by atoms with van der Waals surface area (Å²) in [5.41, 5.74) is 2.58. The van der Waals surface area contributed by atoms with Gasteiger partial charge < -0.3 is 10.6 Å². The summed E-state index contributed by atoms with van der Waals surface area (Å²) in [6, 6.07) is 8.73. The molecule has 0 bridgehead atoms. The Kier molecular flexibility index (Phi) is 7.37. The van der Waals surface area contributed by atoms with Gasteiger partial charge in [-0.15, -0.1) is 12.4 Å². The average Bonchev–Trinajstić information content (AvgIpc) is 2.53. The molecule has 1 fully saturated rings. The number of nitrogens with one attached hydrogen (secondary N) is 2. The van der Waals surface area contributed by atoms with Crippen molar-refractivity contribution in [1.82, 2.24) is 10.6 Å². The predicted molar refractivity (Wildman–Crippen MR) is 94.7 cm³/mol. The molecule has 1 aromatic rings. The fraction of sp³-hybridized carbons (Fsp3) is 0.611. The summed E-state index contributed by atoms with van der Waals surface area (Å²) in [4.78, 5) is 12.2. The quantitative estimate of drug-likeness (QED) is 0.873. The van der Waals surface area contributed by atoms with Gasteiger partial charge in [0.05, 0.1) is 6.04 Å². The summed E-state index contributed by atoms with van der Waals surface area (Å²) in [7, 11) is 0. The Morgan fingerprint density at radius 2 is 1.95 bits per heavy atom. The van der Waals surface area contributed by atoms with Crippen molar-refractivity contribution in [2.75, 3.05) is 13.1 Å². The van der Waals surface area contributed by atoms with Crippen molar-refractivity contribution in [3.8, 4) is 0 Å². The van der Waals surface area contributed by atoms with Crippen LogP contribution >= 0.6 is 12.4 Å². The minimum atomic E-state index is -0.0450. The molecule has 124 valence electrons. The van der Waals surface area contributed by atoms with Gasteiger partial charge in [0.25, 0.3) is 0 Å². The first-order chi connectivity index (χ1) is 10.0. The summed E-state index contributed by atoms with van der Waals surface area (Å²) in [5.74, 6) is 0.146. The maximum absolute atomic E-state index is 12.2. The van der Waals surface area contributed by atoms with Gasteiger partial charge in [-0.3, -0.25) is 4.79 Å². The van der Waals surface area contributed by atoms with Crippen LogP contribution in [0.2, 0.25) is 0 Å². The van der Waals surface area contributed by atoms with Gasteiger partial charge in [0.2, 0.25) is 5.91 Å². The van der Waals surface area contributed by atoms with Crippen LogP contribution in [0.5, 0.6) is 0 Å². The van der Waals surface area contributed by atoms with Crippen LogP contribution in [0.4, 0.5) is 0 Å². The molecule has 1 unspecified atom stereocenters. The molecular formula is C18H29ClN2O. The number of aryl methyl sites for hydroxylation is 1. The second-order valence-electron chi connectivity index (χ2n) is 6.65. The van der Waals surface area contributed by atoms with Crippen molar-refractivity contribution in [2.24, 2.45) is 0 Å². The maximum Gasteiger partial charge on any atom is 0.237 e. The van der Waals surface area contributed by atoms with Gasteiger partial charge in [-0.25, -0.2) is 0 Å². The lowest BCUT2D eigenvalue weighted by Crippen LogP contribution is -2.49. The Balaban J connectivity index is 0.00000242. The summed E-state index contributed by atoms with van der Waals surface area (Å²) in [5, 5.41) is 6.42. The standard InChI is InChI=1S/C18H28N2O.ClH/c1-4-14-8-10-15(11-9-14)18(2,3)13-20-17(21)16-7-5-6-12-19-16;/h8-11,16,19H,4-7,12-13H2,1-3H3,(H,20,21);1H. The first kappa shape index (κ1) is 19.0. The molecule has 0 aliphatic carbocycles. The first-order valence-electron chi connectivity index (χ1n) is 8.13. The molecule has 0 saturated carbocycles. The summed E-state index contributed by atoms with van der Waals surface area (Å²) < 4.78 is 0. The van der Waals surface area contributed by atoms with Crippen LogP contribution in [0.3, 0.4) is 0 Å². The van der Waals surface area contributed by atoms with Crippen molar-refractivity contribution in [1.29, 1.82) is 0 Å². The van der Waals surface area contributed by atoms with E-state index in [1.54, 1.807) is 0 Å². The second-order valence-corrected chi connectivity index (χ2v) is 6.65. The van der Waals surface area contributed by atoms with E-state index in [4.69, 9.17) is 0 Å². The molecule has 2 N–H and O–H groups in total. The van der Waals surface area contributed by atoms with E-state index in [0.717, 1.165) is 25.8 Å². The number of benzene rings is 1. The van der Waals surface area contributed by atoms with E-state index in [-0.39, 0.29) is 29.8 Å². The van der Waals surface area contributed by atoms with Crippen molar-refractivity contribution in [3.05, 3.63) is 35.4 Å². The van der Waals surface area contributed by atoms with E-state index in [2.05, 4.69) is 55.7 Å².